The molecule has 0 aromatic carbocycles. The Bertz CT molecular complexity index is 572. The topological polar surface area (TPSA) is 75.6 Å². The number of ether oxygens (including phenoxy) is 1. The SMILES string of the molecule is Cc1ccc(N(COCCO)C(=O)c2cccnc2)nc1. The molecule has 6 heteroatoms. The molecule has 110 valence electrons. The highest BCUT2D eigenvalue weighted by Gasteiger charge is 2.19. The molecule has 0 aliphatic rings. The van der Waals surface area contributed by atoms with Crippen molar-refractivity contribution in [1.29, 1.82) is 0 Å². The van der Waals surface area contributed by atoms with E-state index in [1.807, 2.05) is 13.0 Å². The summed E-state index contributed by atoms with van der Waals surface area (Å²) in [6.07, 6.45) is 4.79. The van der Waals surface area contributed by atoms with Crippen molar-refractivity contribution in [2.24, 2.45) is 0 Å². The molecule has 2 aromatic heterocycles. The molecule has 1 N–H and O–H groups in total. The number of hydrogen-bond donors (Lipinski definition) is 1. The van der Waals surface area contributed by atoms with E-state index in [1.54, 1.807) is 30.6 Å². The quantitative estimate of drug-likeness (QED) is 0.642. The number of rotatable bonds is 6. The fourth-order valence-electron chi connectivity index (χ4n) is 1.71. The van der Waals surface area contributed by atoms with Gasteiger partial charge in [0, 0.05) is 18.6 Å². The van der Waals surface area contributed by atoms with E-state index in [4.69, 9.17) is 9.84 Å². The van der Waals surface area contributed by atoms with Gasteiger partial charge in [-0.1, -0.05) is 6.07 Å². The summed E-state index contributed by atoms with van der Waals surface area (Å²) in [7, 11) is 0. The molecule has 1 amide bonds. The number of hydrogen-bond acceptors (Lipinski definition) is 5. The predicted molar refractivity (Wildman–Crippen MR) is 77.9 cm³/mol. The van der Waals surface area contributed by atoms with Crippen LogP contribution >= 0.6 is 0 Å². The van der Waals surface area contributed by atoms with Crippen molar-refractivity contribution in [3.05, 3.63) is 54.0 Å². The molecular formula is C15H17N3O3. The Kier molecular flexibility index (Phi) is 5.36. The zero-order valence-electron chi connectivity index (χ0n) is 11.8. The maximum atomic E-state index is 12.5. The summed E-state index contributed by atoms with van der Waals surface area (Å²) in [5.74, 6) is 0.241. The molecule has 0 saturated carbocycles. The lowest BCUT2D eigenvalue weighted by atomic mass is 10.2. The minimum atomic E-state index is -0.252. The van der Waals surface area contributed by atoms with Crippen molar-refractivity contribution in [3.63, 3.8) is 0 Å². The Labute approximate surface area is 123 Å². The van der Waals surface area contributed by atoms with E-state index in [0.717, 1.165) is 5.56 Å². The average Bonchev–Trinajstić information content (AvgIpc) is 2.53. The van der Waals surface area contributed by atoms with E-state index in [2.05, 4.69) is 9.97 Å². The summed E-state index contributed by atoms with van der Waals surface area (Å²) in [5, 5.41) is 8.79. The van der Waals surface area contributed by atoms with Crippen molar-refractivity contribution >= 4 is 11.7 Å². The molecule has 2 rings (SSSR count). The van der Waals surface area contributed by atoms with Gasteiger partial charge in [-0.2, -0.15) is 0 Å². The highest BCUT2D eigenvalue weighted by atomic mass is 16.5. The van der Waals surface area contributed by atoms with Crippen molar-refractivity contribution in [2.75, 3.05) is 24.8 Å². The first kappa shape index (κ1) is 15.1. The minimum Gasteiger partial charge on any atom is -0.394 e. The van der Waals surface area contributed by atoms with Gasteiger partial charge in [0.2, 0.25) is 0 Å². The van der Waals surface area contributed by atoms with E-state index in [0.29, 0.717) is 11.4 Å². The molecule has 0 saturated heterocycles. The molecule has 0 fully saturated rings. The van der Waals surface area contributed by atoms with Gasteiger partial charge in [0.25, 0.3) is 5.91 Å². The first-order valence-corrected chi connectivity index (χ1v) is 6.55. The van der Waals surface area contributed by atoms with Gasteiger partial charge in [0.15, 0.2) is 0 Å². The van der Waals surface area contributed by atoms with Gasteiger partial charge in [-0.15, -0.1) is 0 Å². The van der Waals surface area contributed by atoms with Gasteiger partial charge < -0.3 is 9.84 Å². The van der Waals surface area contributed by atoms with Crippen LogP contribution in [0.5, 0.6) is 0 Å². The molecule has 0 bridgehead atoms. The molecule has 2 aromatic rings. The van der Waals surface area contributed by atoms with Gasteiger partial charge in [-0.25, -0.2) is 4.98 Å². The third-order valence-electron chi connectivity index (χ3n) is 2.78. The van der Waals surface area contributed by atoms with Gasteiger partial charge in [0.1, 0.15) is 12.5 Å². The third kappa shape index (κ3) is 4.08. The van der Waals surface area contributed by atoms with Crippen LogP contribution in [0.2, 0.25) is 0 Å². The van der Waals surface area contributed by atoms with Crippen LogP contribution in [0.3, 0.4) is 0 Å². The van der Waals surface area contributed by atoms with Gasteiger partial charge in [-0.3, -0.25) is 14.7 Å². The van der Waals surface area contributed by atoms with Crippen LogP contribution in [0.1, 0.15) is 15.9 Å². The third-order valence-corrected chi connectivity index (χ3v) is 2.78. The van der Waals surface area contributed by atoms with E-state index >= 15 is 0 Å². The lowest BCUT2D eigenvalue weighted by Crippen LogP contribution is -2.34. The van der Waals surface area contributed by atoms with Gasteiger partial charge in [-0.05, 0) is 30.7 Å². The number of amides is 1. The largest absolute Gasteiger partial charge is 0.394 e. The predicted octanol–water partition coefficient (Wildman–Crippen LogP) is 1.40. The highest BCUT2D eigenvalue weighted by Crippen LogP contribution is 2.14. The van der Waals surface area contributed by atoms with Crippen LogP contribution in [0, 0.1) is 6.92 Å². The van der Waals surface area contributed by atoms with Gasteiger partial charge in [0.05, 0.1) is 18.8 Å². The number of aliphatic hydroxyl groups is 1. The number of pyridine rings is 2. The average molecular weight is 287 g/mol. The van der Waals surface area contributed by atoms with E-state index in [1.165, 1.54) is 11.1 Å². The normalized spacial score (nSPS) is 10.4. The second-order valence-electron chi connectivity index (χ2n) is 4.43. The Balaban J connectivity index is 2.23. The second kappa shape index (κ2) is 7.47. The zero-order valence-corrected chi connectivity index (χ0v) is 11.8. The number of aliphatic hydroxyl groups excluding tert-OH is 1. The highest BCUT2D eigenvalue weighted by molar-refractivity contribution is 6.05. The molecule has 21 heavy (non-hydrogen) atoms. The number of nitrogens with zero attached hydrogens (tertiary/aromatic N) is 3. The molecule has 0 atom stereocenters. The first-order chi connectivity index (χ1) is 10.2. The summed E-state index contributed by atoms with van der Waals surface area (Å²) in [5.41, 5.74) is 1.45. The summed E-state index contributed by atoms with van der Waals surface area (Å²) in [6.45, 7) is 2.00. The van der Waals surface area contributed by atoms with E-state index in [9.17, 15) is 4.79 Å². The molecule has 0 spiro atoms. The van der Waals surface area contributed by atoms with Gasteiger partial charge >= 0.3 is 0 Å². The molecule has 2 heterocycles. The van der Waals surface area contributed by atoms with Crippen LogP contribution in [0.25, 0.3) is 0 Å². The molecular weight excluding hydrogens is 270 g/mol. The van der Waals surface area contributed by atoms with E-state index < -0.39 is 0 Å². The molecule has 6 nitrogen and oxygen atoms in total. The molecule has 0 aliphatic carbocycles. The fraction of sp³-hybridized carbons (Fsp3) is 0.267. The Morgan fingerprint density at radius 2 is 2.19 bits per heavy atom. The van der Waals surface area contributed by atoms with Crippen LogP contribution in [-0.2, 0) is 4.74 Å². The van der Waals surface area contributed by atoms with E-state index in [-0.39, 0.29) is 25.9 Å². The Hall–Kier alpha value is -2.31. The second-order valence-corrected chi connectivity index (χ2v) is 4.43. The number of anilines is 1. The lowest BCUT2D eigenvalue weighted by Gasteiger charge is -2.21. The van der Waals surface area contributed by atoms with Crippen molar-refractivity contribution in [3.8, 4) is 0 Å². The van der Waals surface area contributed by atoms with Crippen LogP contribution < -0.4 is 4.90 Å². The fourth-order valence-corrected chi connectivity index (χ4v) is 1.71. The maximum Gasteiger partial charge on any atom is 0.262 e. The zero-order chi connectivity index (χ0) is 15.1. The Morgan fingerprint density at radius 3 is 2.81 bits per heavy atom. The number of carbonyl (C=O) groups excluding carboxylic acids is 1. The smallest absolute Gasteiger partial charge is 0.262 e. The summed E-state index contributed by atoms with van der Waals surface area (Å²) >= 11 is 0. The first-order valence-electron chi connectivity index (χ1n) is 6.55. The van der Waals surface area contributed by atoms with Crippen molar-refractivity contribution in [2.45, 2.75) is 6.92 Å². The maximum absolute atomic E-state index is 12.5. The van der Waals surface area contributed by atoms with Crippen LogP contribution in [0.15, 0.2) is 42.9 Å². The van der Waals surface area contributed by atoms with Crippen LogP contribution in [0.4, 0.5) is 5.82 Å². The summed E-state index contributed by atoms with van der Waals surface area (Å²) in [4.78, 5) is 22.1. The standard InChI is InChI=1S/C15H17N3O3/c1-12-4-5-14(17-9-12)18(11-21-8-7-19)15(20)13-3-2-6-16-10-13/h2-6,9-10,19H,7-8,11H2,1H3. The van der Waals surface area contributed by atoms with Crippen LogP contribution in [-0.4, -0.2) is 40.9 Å². The monoisotopic (exact) mass is 287 g/mol. The summed E-state index contributed by atoms with van der Waals surface area (Å²) < 4.78 is 5.27. The number of aryl methyl sites for hydroxylation is 1. The Morgan fingerprint density at radius 1 is 1.33 bits per heavy atom. The molecule has 0 unspecified atom stereocenters. The number of aromatic nitrogens is 2. The molecule has 0 aliphatic heterocycles. The minimum absolute atomic E-state index is 0.0182. The van der Waals surface area contributed by atoms with Crippen molar-refractivity contribution < 1.29 is 14.6 Å². The number of carbonyl (C=O) groups is 1. The van der Waals surface area contributed by atoms with Crippen molar-refractivity contribution in [1.82, 2.24) is 9.97 Å². The lowest BCUT2D eigenvalue weighted by molar-refractivity contribution is 0.0771. The summed E-state index contributed by atoms with van der Waals surface area (Å²) in [6, 6.07) is 7.01. The molecule has 0 radical (unpaired) electrons.